The zero-order valence-corrected chi connectivity index (χ0v) is 15.2. The Balaban J connectivity index is 1.85. The molecule has 142 valence electrons. The molecule has 0 fully saturated rings. The number of hydrogen-bond donors (Lipinski definition) is 1. The quantitative estimate of drug-likeness (QED) is 0.676. The van der Waals surface area contributed by atoms with E-state index in [1.54, 1.807) is 11.8 Å². The van der Waals surface area contributed by atoms with Crippen LogP contribution in [-0.2, 0) is 4.79 Å². The summed E-state index contributed by atoms with van der Waals surface area (Å²) < 4.78 is 53.4. The maximum Gasteiger partial charge on any atom is 0.416 e. The third kappa shape index (κ3) is 3.12. The van der Waals surface area contributed by atoms with Crippen LogP contribution in [0.15, 0.2) is 46.7 Å². The second-order valence-electron chi connectivity index (χ2n) is 6.88. The number of carbonyl (C=O) groups is 1. The maximum absolute atomic E-state index is 14.1. The molecule has 27 heavy (non-hydrogen) atoms. The molecular weight excluding hydrogens is 378 g/mol. The van der Waals surface area contributed by atoms with Gasteiger partial charge in [-0.1, -0.05) is 12.6 Å². The van der Waals surface area contributed by atoms with Crippen molar-refractivity contribution in [3.63, 3.8) is 0 Å². The average molecular weight is 395 g/mol. The fraction of sp³-hybridized carbons (Fsp3) is 0.350. The highest BCUT2D eigenvalue weighted by atomic mass is 32.2. The number of nitrogens with one attached hydrogen (secondary N) is 1. The van der Waals surface area contributed by atoms with Crippen LogP contribution in [0.4, 0.5) is 17.6 Å². The number of hydrogen-bond acceptors (Lipinski definition) is 3. The number of rotatable bonds is 2. The van der Waals surface area contributed by atoms with Gasteiger partial charge in [-0.2, -0.15) is 13.2 Å². The zero-order chi connectivity index (χ0) is 19.3. The van der Waals surface area contributed by atoms with Crippen molar-refractivity contribution in [3.8, 4) is 0 Å². The fourth-order valence-electron chi connectivity index (χ4n) is 3.92. The molecule has 0 bridgehead atoms. The topological polar surface area (TPSA) is 29.1 Å². The van der Waals surface area contributed by atoms with Gasteiger partial charge in [0, 0.05) is 45.5 Å². The number of thioether (sulfide) groups is 1. The van der Waals surface area contributed by atoms with Crippen LogP contribution in [-0.4, -0.2) is 17.7 Å². The van der Waals surface area contributed by atoms with Crippen molar-refractivity contribution >= 4 is 23.1 Å². The Morgan fingerprint density at radius 1 is 1.19 bits per heavy atom. The van der Waals surface area contributed by atoms with Gasteiger partial charge < -0.3 is 5.32 Å². The monoisotopic (exact) mass is 395 g/mol. The number of alkyl halides is 3. The van der Waals surface area contributed by atoms with E-state index in [9.17, 15) is 22.4 Å². The van der Waals surface area contributed by atoms with Crippen molar-refractivity contribution in [2.45, 2.75) is 37.8 Å². The van der Waals surface area contributed by atoms with Crippen LogP contribution in [0.5, 0.6) is 0 Å². The summed E-state index contributed by atoms with van der Waals surface area (Å²) in [6, 6.07) is 3.72. The third-order valence-electron chi connectivity index (χ3n) is 5.21. The van der Waals surface area contributed by atoms with Crippen molar-refractivity contribution < 1.29 is 22.4 Å². The van der Waals surface area contributed by atoms with E-state index < -0.39 is 29.0 Å². The first-order chi connectivity index (χ1) is 12.8. The van der Waals surface area contributed by atoms with E-state index in [2.05, 4.69) is 11.9 Å². The number of dihydropyridines is 1. The molecule has 0 saturated heterocycles. The van der Waals surface area contributed by atoms with Crippen molar-refractivity contribution in [1.29, 1.82) is 0 Å². The molecule has 1 aliphatic carbocycles. The Kier molecular flexibility index (Phi) is 4.45. The predicted molar refractivity (Wildman–Crippen MR) is 97.4 cm³/mol. The van der Waals surface area contributed by atoms with Gasteiger partial charge in [-0.25, -0.2) is 4.39 Å². The summed E-state index contributed by atoms with van der Waals surface area (Å²) in [4.78, 5) is 13.6. The molecule has 0 radical (unpaired) electrons. The summed E-state index contributed by atoms with van der Waals surface area (Å²) in [7, 11) is 0. The molecule has 7 heteroatoms. The van der Waals surface area contributed by atoms with Crippen molar-refractivity contribution in [2.24, 2.45) is 0 Å². The number of carbonyl (C=O) groups excluding carboxylic acids is 1. The summed E-state index contributed by atoms with van der Waals surface area (Å²) in [6.07, 6.45) is -1.97. The molecule has 1 N–H and O–H groups in total. The van der Waals surface area contributed by atoms with Gasteiger partial charge in [0.25, 0.3) is 0 Å². The fourth-order valence-corrected chi connectivity index (χ4v) is 5.20. The van der Waals surface area contributed by atoms with Crippen molar-refractivity contribution in [1.82, 2.24) is 5.32 Å². The van der Waals surface area contributed by atoms with Crippen molar-refractivity contribution in [3.05, 3.63) is 63.6 Å². The summed E-state index contributed by atoms with van der Waals surface area (Å²) in [5.74, 6) is -0.538. The number of allylic oxidation sites excluding steroid dienone is 5. The average Bonchev–Trinajstić information content (AvgIpc) is 3.07. The first-order valence-corrected chi connectivity index (χ1v) is 9.71. The molecular formula is C20H17F4NOS. The second-order valence-corrected chi connectivity index (χ2v) is 8.02. The molecule has 2 aliphatic heterocycles. The summed E-state index contributed by atoms with van der Waals surface area (Å²) in [6.45, 7) is 3.03. The van der Waals surface area contributed by atoms with Crippen LogP contribution in [0, 0.1) is 5.82 Å². The molecule has 1 aromatic carbocycles. The first-order valence-electron chi connectivity index (χ1n) is 8.72. The van der Waals surface area contributed by atoms with Crippen LogP contribution in [0.2, 0.25) is 0 Å². The summed E-state index contributed by atoms with van der Waals surface area (Å²) in [5.41, 5.74) is 1.23. The minimum Gasteiger partial charge on any atom is -0.361 e. The highest BCUT2D eigenvalue weighted by Gasteiger charge is 2.40. The number of benzene rings is 1. The van der Waals surface area contributed by atoms with E-state index in [4.69, 9.17) is 0 Å². The van der Waals surface area contributed by atoms with E-state index in [0.29, 0.717) is 17.6 Å². The molecule has 0 spiro atoms. The Morgan fingerprint density at radius 2 is 1.96 bits per heavy atom. The van der Waals surface area contributed by atoms with Gasteiger partial charge in [0.05, 0.1) is 5.57 Å². The van der Waals surface area contributed by atoms with Gasteiger partial charge in [0.1, 0.15) is 5.82 Å². The van der Waals surface area contributed by atoms with Gasteiger partial charge in [-0.05, 0) is 37.0 Å². The van der Waals surface area contributed by atoms with Crippen LogP contribution in [0.1, 0.15) is 42.7 Å². The molecule has 2 heterocycles. The van der Waals surface area contributed by atoms with Crippen LogP contribution in [0.25, 0.3) is 5.57 Å². The van der Waals surface area contributed by atoms with Crippen LogP contribution >= 0.6 is 11.8 Å². The number of Topliss-reactive ketones (excluding diaryl/α,β-unsaturated/α-hetero) is 1. The Hall–Kier alpha value is -2.02. The van der Waals surface area contributed by atoms with E-state index in [0.717, 1.165) is 47.4 Å². The molecule has 3 aliphatic rings. The number of ketones is 1. The van der Waals surface area contributed by atoms with Crippen LogP contribution < -0.4 is 5.32 Å². The van der Waals surface area contributed by atoms with Gasteiger partial charge in [0.2, 0.25) is 0 Å². The van der Waals surface area contributed by atoms with Crippen molar-refractivity contribution in [2.75, 3.05) is 5.75 Å². The Bertz CT molecular complexity index is 913. The van der Waals surface area contributed by atoms with Gasteiger partial charge in [0.15, 0.2) is 5.78 Å². The molecule has 1 atom stereocenters. The largest absolute Gasteiger partial charge is 0.416 e. The molecule has 0 amide bonds. The molecule has 1 aromatic rings. The highest BCUT2D eigenvalue weighted by molar-refractivity contribution is 8.03. The van der Waals surface area contributed by atoms with Gasteiger partial charge in [-0.15, -0.1) is 11.8 Å². The normalized spacial score (nSPS) is 22.5. The lowest BCUT2D eigenvalue weighted by Gasteiger charge is -2.33. The predicted octanol–water partition coefficient (Wildman–Crippen LogP) is 5.44. The van der Waals surface area contributed by atoms with E-state index in [1.807, 2.05) is 0 Å². The smallest absolute Gasteiger partial charge is 0.361 e. The molecule has 1 unspecified atom stereocenters. The highest BCUT2D eigenvalue weighted by Crippen LogP contribution is 2.50. The molecule has 0 saturated carbocycles. The van der Waals surface area contributed by atoms with Crippen LogP contribution in [0.3, 0.4) is 0 Å². The standard InChI is InChI=1S/C20H17F4NOS/c1-10(20(22,23)24)12-9-11(5-6-13(12)21)17-18-14(3-2-4-16(18)26)25-15-7-8-27-19(15)17/h5-6,9,17,25H,1-4,7-8H2. The third-order valence-corrected chi connectivity index (χ3v) is 6.41. The maximum atomic E-state index is 14.1. The Labute approximate surface area is 158 Å². The lowest BCUT2D eigenvalue weighted by molar-refractivity contribution is -0.116. The lowest BCUT2D eigenvalue weighted by atomic mass is 9.78. The SMILES string of the molecule is C=C(c1cc(C2C3=C(CCS3)NC3=C2C(=O)CCC3)ccc1F)C(F)(F)F. The van der Waals surface area contributed by atoms with E-state index in [-0.39, 0.29) is 5.78 Å². The van der Waals surface area contributed by atoms with Gasteiger partial charge in [-0.3, -0.25) is 4.79 Å². The summed E-state index contributed by atoms with van der Waals surface area (Å²) in [5, 5.41) is 3.37. The molecule has 4 rings (SSSR count). The minimum absolute atomic E-state index is 0.00771. The molecule has 2 nitrogen and oxygen atoms in total. The second kappa shape index (κ2) is 6.55. The van der Waals surface area contributed by atoms with E-state index in [1.165, 1.54) is 12.1 Å². The first kappa shape index (κ1) is 18.3. The lowest BCUT2D eigenvalue weighted by Crippen LogP contribution is -2.30. The Morgan fingerprint density at radius 3 is 2.70 bits per heavy atom. The minimum atomic E-state index is -4.72. The zero-order valence-electron chi connectivity index (χ0n) is 14.4. The number of halogens is 4. The summed E-state index contributed by atoms with van der Waals surface area (Å²) >= 11 is 1.60. The van der Waals surface area contributed by atoms with Gasteiger partial charge >= 0.3 is 6.18 Å². The van der Waals surface area contributed by atoms with E-state index >= 15 is 0 Å². The molecule has 0 aromatic heterocycles.